The lowest BCUT2D eigenvalue weighted by molar-refractivity contribution is 0.103. The second-order valence-electron chi connectivity index (χ2n) is 6.58. The highest BCUT2D eigenvalue weighted by atomic mass is 28.4. The molecule has 0 amide bonds. The van der Waals surface area contributed by atoms with Gasteiger partial charge >= 0.3 is 17.6 Å². The Kier molecular flexibility index (Phi) is 6.77. The normalized spacial score (nSPS) is 22.1. The Balaban J connectivity index is 2.14. The minimum absolute atomic E-state index is 0.0946. The summed E-state index contributed by atoms with van der Waals surface area (Å²) in [6.45, 7) is 0.966. The topological polar surface area (TPSA) is 86.7 Å². The molecule has 0 aromatic carbocycles. The summed E-state index contributed by atoms with van der Waals surface area (Å²) in [5.74, 6) is 1.10. The largest absolute Gasteiger partial charge is 0.509 e. The number of rotatable bonds is 8. The molecule has 1 aromatic heterocycles. The van der Waals surface area contributed by atoms with E-state index in [1.165, 1.54) is 0 Å². The molecule has 9 nitrogen and oxygen atoms in total. The van der Waals surface area contributed by atoms with Gasteiger partial charge in [-0.2, -0.15) is 0 Å². The highest BCUT2D eigenvalue weighted by Crippen LogP contribution is 2.47. The van der Waals surface area contributed by atoms with E-state index in [0.29, 0.717) is 37.7 Å². The second-order valence-corrected chi connectivity index (χ2v) is 12.8. The van der Waals surface area contributed by atoms with E-state index in [4.69, 9.17) is 41.0 Å². The fraction of sp³-hybridized carbons (Fsp3) is 0.706. The maximum Gasteiger partial charge on any atom is 0.509 e. The highest BCUT2D eigenvalue weighted by Gasteiger charge is 2.53. The van der Waals surface area contributed by atoms with Crippen LogP contribution in [0, 0.1) is 0 Å². The fourth-order valence-electron chi connectivity index (χ4n) is 4.16. The molecule has 2 bridgehead atoms. The third-order valence-corrected chi connectivity index (χ3v) is 11.9. The Hall–Kier alpha value is -1.06. The molecule has 2 atom stereocenters. The van der Waals surface area contributed by atoms with E-state index in [-0.39, 0.29) is 11.1 Å². The van der Waals surface area contributed by atoms with E-state index in [0.717, 1.165) is 11.3 Å². The summed E-state index contributed by atoms with van der Waals surface area (Å²) in [4.78, 5) is 4.71. The molecule has 0 saturated carbocycles. The predicted octanol–water partition coefficient (Wildman–Crippen LogP) is 1.65. The maximum atomic E-state index is 5.94. The van der Waals surface area contributed by atoms with Crippen molar-refractivity contribution in [2.24, 2.45) is 0 Å². The summed E-state index contributed by atoms with van der Waals surface area (Å²) in [6.07, 6.45) is 1.37. The number of fused-ring (bicyclic) bond motifs is 4. The van der Waals surface area contributed by atoms with Crippen LogP contribution >= 0.6 is 0 Å². The van der Waals surface area contributed by atoms with Crippen LogP contribution in [-0.4, -0.2) is 78.5 Å². The minimum Gasteiger partial charge on any atom is -0.488 e. The first-order valence-electron chi connectivity index (χ1n) is 9.16. The molecule has 0 radical (unpaired) electrons. The minimum atomic E-state index is -2.98. The summed E-state index contributed by atoms with van der Waals surface area (Å²) in [7, 11) is 3.74. The van der Waals surface area contributed by atoms with Gasteiger partial charge in [-0.1, -0.05) is 0 Å². The van der Waals surface area contributed by atoms with Gasteiger partial charge in [-0.25, -0.2) is 4.98 Å². The molecule has 3 heterocycles. The molecule has 2 unspecified atom stereocenters. The quantitative estimate of drug-likeness (QED) is 0.570. The van der Waals surface area contributed by atoms with Crippen LogP contribution in [0.25, 0.3) is 0 Å². The molecule has 11 heteroatoms. The molecular formula is C17H29NO8Si2. The van der Waals surface area contributed by atoms with Gasteiger partial charge in [-0.05, 0) is 18.9 Å². The van der Waals surface area contributed by atoms with E-state index in [2.05, 4.69) is 0 Å². The monoisotopic (exact) mass is 431 g/mol. The standard InChI is InChI=1S/C17H29NO8Si2/c1-19-27(20-2,21-3)14-7-9-25-16-12(14)11-13-15(8-10-26-17(16)18-13)28(22-4,23-5)24-6/h11,14-15H,7-10H2,1-6H3. The van der Waals surface area contributed by atoms with E-state index in [9.17, 15) is 0 Å². The molecule has 158 valence electrons. The van der Waals surface area contributed by atoms with Crippen molar-refractivity contribution in [3.05, 3.63) is 17.3 Å². The van der Waals surface area contributed by atoms with Gasteiger partial charge in [0.2, 0.25) is 0 Å². The first kappa shape index (κ1) is 21.6. The Morgan fingerprint density at radius 3 is 1.86 bits per heavy atom. The number of hydrogen-bond donors (Lipinski definition) is 0. The van der Waals surface area contributed by atoms with Crippen molar-refractivity contribution < 1.29 is 36.0 Å². The predicted molar refractivity (Wildman–Crippen MR) is 104 cm³/mol. The zero-order valence-corrected chi connectivity index (χ0v) is 19.3. The summed E-state index contributed by atoms with van der Waals surface area (Å²) in [6, 6.07) is 2.01. The first-order chi connectivity index (χ1) is 13.5. The highest BCUT2D eigenvalue weighted by molar-refractivity contribution is 6.63. The zero-order valence-electron chi connectivity index (χ0n) is 17.3. The Morgan fingerprint density at radius 2 is 1.29 bits per heavy atom. The number of pyridine rings is 1. The van der Waals surface area contributed by atoms with Crippen molar-refractivity contribution >= 4 is 17.6 Å². The Morgan fingerprint density at radius 1 is 0.786 bits per heavy atom. The van der Waals surface area contributed by atoms with Crippen molar-refractivity contribution in [3.63, 3.8) is 0 Å². The van der Waals surface area contributed by atoms with Gasteiger partial charge in [-0.3, -0.25) is 0 Å². The van der Waals surface area contributed by atoms with E-state index in [1.54, 1.807) is 42.7 Å². The molecule has 28 heavy (non-hydrogen) atoms. The summed E-state index contributed by atoms with van der Waals surface area (Å²) in [5.41, 5.74) is 1.46. The molecule has 0 N–H and O–H groups in total. The van der Waals surface area contributed by atoms with Gasteiger partial charge in [0, 0.05) is 48.2 Å². The first-order valence-corrected chi connectivity index (χ1v) is 12.8. The van der Waals surface area contributed by atoms with Crippen molar-refractivity contribution in [3.8, 4) is 11.6 Å². The number of nitrogens with zero attached hydrogens (tertiary/aromatic N) is 1. The molecule has 3 rings (SSSR count). The molecule has 0 spiro atoms. The molecule has 0 aliphatic carbocycles. The zero-order chi connectivity index (χ0) is 20.4. The van der Waals surface area contributed by atoms with E-state index < -0.39 is 17.6 Å². The van der Waals surface area contributed by atoms with E-state index >= 15 is 0 Å². The van der Waals surface area contributed by atoms with Crippen LogP contribution in [0.1, 0.15) is 35.2 Å². The molecular weight excluding hydrogens is 402 g/mol. The fourth-order valence-corrected chi connectivity index (χ4v) is 8.92. The van der Waals surface area contributed by atoms with Gasteiger partial charge in [0.1, 0.15) is 0 Å². The molecule has 0 saturated heterocycles. The van der Waals surface area contributed by atoms with Gasteiger partial charge in [-0.15, -0.1) is 0 Å². The third-order valence-electron chi connectivity index (χ3n) is 5.58. The van der Waals surface area contributed by atoms with E-state index in [1.807, 2.05) is 6.07 Å². The molecule has 2 aliphatic rings. The summed E-state index contributed by atoms with van der Waals surface area (Å²) < 4.78 is 46.4. The average Bonchev–Trinajstić information content (AvgIpc) is 2.92. The smallest absolute Gasteiger partial charge is 0.488 e. The summed E-state index contributed by atoms with van der Waals surface area (Å²) >= 11 is 0. The van der Waals surface area contributed by atoms with Crippen LogP contribution in [0.4, 0.5) is 0 Å². The van der Waals surface area contributed by atoms with Crippen LogP contribution in [0.15, 0.2) is 6.07 Å². The molecule has 1 aromatic rings. The van der Waals surface area contributed by atoms with Gasteiger partial charge in [0.25, 0.3) is 5.88 Å². The number of aromatic nitrogens is 1. The van der Waals surface area contributed by atoms with Crippen LogP contribution in [0.3, 0.4) is 0 Å². The van der Waals surface area contributed by atoms with Crippen molar-refractivity contribution in [1.82, 2.24) is 4.98 Å². The second kappa shape index (κ2) is 8.75. The Bertz CT molecular complexity index is 667. The van der Waals surface area contributed by atoms with Crippen LogP contribution < -0.4 is 9.47 Å². The summed E-state index contributed by atoms with van der Waals surface area (Å²) in [5, 5.41) is 0. The lowest BCUT2D eigenvalue weighted by atomic mass is 10.0. The number of ether oxygens (including phenoxy) is 2. The SMILES string of the molecule is CO[Si](OC)(OC)C1CCOc2nc1cc1c2OCCC1[Si](OC)(OC)OC. The third kappa shape index (κ3) is 3.39. The van der Waals surface area contributed by atoms with Gasteiger partial charge in [0.15, 0.2) is 5.75 Å². The van der Waals surface area contributed by atoms with Gasteiger partial charge in [0.05, 0.1) is 30.0 Å². The van der Waals surface area contributed by atoms with Crippen LogP contribution in [0.2, 0.25) is 0 Å². The molecule has 2 aliphatic heterocycles. The van der Waals surface area contributed by atoms with Crippen molar-refractivity contribution in [1.29, 1.82) is 0 Å². The lowest BCUT2D eigenvalue weighted by Crippen LogP contribution is -2.51. The molecule has 0 fully saturated rings. The van der Waals surface area contributed by atoms with Crippen molar-refractivity contribution in [2.75, 3.05) is 55.9 Å². The Labute approximate surface area is 167 Å². The average molecular weight is 432 g/mol. The van der Waals surface area contributed by atoms with Gasteiger partial charge < -0.3 is 36.0 Å². The number of hydrogen-bond acceptors (Lipinski definition) is 9. The van der Waals surface area contributed by atoms with Crippen molar-refractivity contribution in [2.45, 2.75) is 23.9 Å². The maximum absolute atomic E-state index is 5.94. The van der Waals surface area contributed by atoms with Crippen LogP contribution in [-0.2, 0) is 26.6 Å². The van der Waals surface area contributed by atoms with Crippen LogP contribution in [0.5, 0.6) is 11.6 Å². The lowest BCUT2D eigenvalue weighted by Gasteiger charge is -2.36.